The van der Waals surface area contributed by atoms with Crippen LogP contribution in [0.2, 0.25) is 5.02 Å². The Morgan fingerprint density at radius 2 is 1.84 bits per heavy atom. The van der Waals surface area contributed by atoms with E-state index in [0.29, 0.717) is 29.4 Å². The molecule has 0 bridgehead atoms. The van der Waals surface area contributed by atoms with Crippen LogP contribution in [0, 0.1) is 12.3 Å². The first-order valence-corrected chi connectivity index (χ1v) is 10.9. The number of hydrogen-bond donors (Lipinski definition) is 0. The maximum Gasteiger partial charge on any atom is 0.232 e. The second-order valence-electron chi connectivity index (χ2n) is 9.28. The number of benzene rings is 2. The van der Waals surface area contributed by atoms with E-state index in [2.05, 4.69) is 13.8 Å². The highest BCUT2D eigenvalue weighted by molar-refractivity contribution is 6.31. The highest BCUT2D eigenvalue weighted by Crippen LogP contribution is 2.49. The summed E-state index contributed by atoms with van der Waals surface area (Å²) in [6, 6.07) is 11.2. The van der Waals surface area contributed by atoms with Gasteiger partial charge in [-0.2, -0.15) is 0 Å². The molecule has 1 aliphatic carbocycles. The van der Waals surface area contributed by atoms with Crippen LogP contribution < -0.4 is 14.4 Å². The van der Waals surface area contributed by atoms with Gasteiger partial charge >= 0.3 is 0 Å². The first kappa shape index (κ1) is 20.1. The van der Waals surface area contributed by atoms with Gasteiger partial charge in [0.2, 0.25) is 12.7 Å². The van der Waals surface area contributed by atoms with E-state index in [1.54, 1.807) is 4.90 Å². The molecule has 2 aliphatic heterocycles. The fourth-order valence-corrected chi connectivity index (χ4v) is 5.12. The minimum absolute atomic E-state index is 0.0303. The summed E-state index contributed by atoms with van der Waals surface area (Å²) < 4.78 is 11.0. The number of carbonyl (C=O) groups excluding carboxylic acids is 2. The Morgan fingerprint density at radius 1 is 1.06 bits per heavy atom. The molecule has 6 heteroatoms. The van der Waals surface area contributed by atoms with Gasteiger partial charge in [0.05, 0.1) is 5.69 Å². The van der Waals surface area contributed by atoms with Crippen LogP contribution in [0.4, 0.5) is 5.69 Å². The number of carbonyl (C=O) groups is 2. The summed E-state index contributed by atoms with van der Waals surface area (Å²) >= 11 is 6.37. The molecular weight excluding hydrogens is 414 g/mol. The van der Waals surface area contributed by atoms with E-state index in [1.807, 2.05) is 43.3 Å². The molecule has 1 amide bonds. The number of ketones is 1. The van der Waals surface area contributed by atoms with Crippen molar-refractivity contribution in [3.05, 3.63) is 63.8 Å². The molecule has 0 aromatic heterocycles. The third-order valence-corrected chi connectivity index (χ3v) is 6.83. The summed E-state index contributed by atoms with van der Waals surface area (Å²) in [6.07, 6.45) is 1.33. The van der Waals surface area contributed by atoms with Crippen molar-refractivity contribution in [1.29, 1.82) is 0 Å². The molecule has 31 heavy (non-hydrogen) atoms. The van der Waals surface area contributed by atoms with E-state index in [-0.39, 0.29) is 36.2 Å². The van der Waals surface area contributed by atoms with Crippen molar-refractivity contribution < 1.29 is 19.1 Å². The number of nitrogens with zero attached hydrogens (tertiary/aromatic N) is 1. The zero-order valence-corrected chi connectivity index (χ0v) is 18.6. The maximum absolute atomic E-state index is 13.5. The zero-order chi connectivity index (χ0) is 21.9. The summed E-state index contributed by atoms with van der Waals surface area (Å²) in [5, 5.41) is 0.603. The van der Waals surface area contributed by atoms with E-state index in [9.17, 15) is 9.59 Å². The Labute approximate surface area is 186 Å². The van der Waals surface area contributed by atoms with Crippen LogP contribution in [0.15, 0.2) is 47.7 Å². The average Bonchev–Trinajstić information content (AvgIpc) is 3.17. The van der Waals surface area contributed by atoms with Gasteiger partial charge in [0.15, 0.2) is 17.3 Å². The molecule has 2 aromatic carbocycles. The average molecular weight is 438 g/mol. The topological polar surface area (TPSA) is 55.8 Å². The van der Waals surface area contributed by atoms with Crippen molar-refractivity contribution in [1.82, 2.24) is 0 Å². The van der Waals surface area contributed by atoms with Crippen LogP contribution >= 0.6 is 11.6 Å². The molecular formula is C25H24ClNO4. The van der Waals surface area contributed by atoms with Crippen LogP contribution in [-0.4, -0.2) is 18.5 Å². The lowest BCUT2D eigenvalue weighted by atomic mass is 9.69. The van der Waals surface area contributed by atoms with Gasteiger partial charge in [0.1, 0.15) is 0 Å². The van der Waals surface area contributed by atoms with Crippen LogP contribution in [0.25, 0.3) is 0 Å². The van der Waals surface area contributed by atoms with Crippen molar-refractivity contribution >= 4 is 29.0 Å². The smallest absolute Gasteiger partial charge is 0.232 e. The molecule has 3 aliphatic rings. The minimum atomic E-state index is -0.295. The first-order valence-electron chi connectivity index (χ1n) is 10.5. The molecule has 1 atom stereocenters. The molecule has 0 saturated carbocycles. The van der Waals surface area contributed by atoms with Gasteiger partial charge in [-0.1, -0.05) is 37.6 Å². The number of allylic oxidation sites excluding steroid dienone is 2. The number of Topliss-reactive ketones (excluding diaryl/α,β-unsaturated/α-hetero) is 1. The standard InChI is InChI=1S/C25H24ClNO4/c1-14-17(26)5-4-6-18(14)27-19-11-25(2,3)12-20(28)24(19)16(10-23(27)29)15-7-8-21-22(9-15)31-13-30-21/h4-9,16H,10-13H2,1-3H3. The van der Waals surface area contributed by atoms with Gasteiger partial charge < -0.3 is 9.47 Å². The molecule has 2 heterocycles. The number of amides is 1. The van der Waals surface area contributed by atoms with Gasteiger partial charge in [0, 0.05) is 35.1 Å². The minimum Gasteiger partial charge on any atom is -0.454 e. The quantitative estimate of drug-likeness (QED) is 0.618. The molecule has 0 N–H and O–H groups in total. The fraction of sp³-hybridized carbons (Fsp3) is 0.360. The summed E-state index contributed by atoms with van der Waals surface area (Å²) in [5.74, 6) is 1.12. The fourth-order valence-electron chi connectivity index (χ4n) is 4.95. The summed E-state index contributed by atoms with van der Waals surface area (Å²) in [5.41, 5.74) is 3.79. The van der Waals surface area contributed by atoms with E-state index in [0.717, 1.165) is 28.1 Å². The second kappa shape index (κ2) is 7.13. The first-order chi connectivity index (χ1) is 14.7. The summed E-state index contributed by atoms with van der Waals surface area (Å²) in [6.45, 7) is 6.24. The van der Waals surface area contributed by atoms with Gasteiger partial charge in [0.25, 0.3) is 0 Å². The van der Waals surface area contributed by atoms with E-state index in [4.69, 9.17) is 21.1 Å². The van der Waals surface area contributed by atoms with Crippen molar-refractivity contribution in [3.8, 4) is 11.5 Å². The lowest BCUT2D eigenvalue weighted by Gasteiger charge is -2.43. The van der Waals surface area contributed by atoms with Crippen LogP contribution in [0.3, 0.4) is 0 Å². The summed E-state index contributed by atoms with van der Waals surface area (Å²) in [7, 11) is 0. The van der Waals surface area contributed by atoms with Gasteiger partial charge in [-0.25, -0.2) is 0 Å². The third kappa shape index (κ3) is 3.32. The van der Waals surface area contributed by atoms with Crippen LogP contribution in [-0.2, 0) is 9.59 Å². The molecule has 0 radical (unpaired) electrons. The monoisotopic (exact) mass is 437 g/mol. The number of hydrogen-bond acceptors (Lipinski definition) is 4. The molecule has 2 aromatic rings. The van der Waals surface area contributed by atoms with Crippen LogP contribution in [0.1, 0.15) is 50.2 Å². The molecule has 160 valence electrons. The lowest BCUT2D eigenvalue weighted by molar-refractivity contribution is -0.121. The highest BCUT2D eigenvalue weighted by atomic mass is 35.5. The Morgan fingerprint density at radius 3 is 2.65 bits per heavy atom. The normalized spacial score (nSPS) is 22.1. The van der Waals surface area contributed by atoms with Crippen molar-refractivity contribution in [2.24, 2.45) is 5.41 Å². The van der Waals surface area contributed by atoms with Gasteiger partial charge in [-0.15, -0.1) is 0 Å². The Hall–Kier alpha value is -2.79. The summed E-state index contributed by atoms with van der Waals surface area (Å²) in [4.78, 5) is 28.7. The van der Waals surface area contributed by atoms with Gasteiger partial charge in [-0.3, -0.25) is 14.5 Å². The Bertz CT molecular complexity index is 1150. The largest absolute Gasteiger partial charge is 0.454 e. The SMILES string of the molecule is Cc1c(Cl)cccc1N1C(=O)CC(c2ccc3c(c2)OCO3)C2=C1CC(C)(C)CC2=O. The number of ether oxygens (including phenoxy) is 2. The predicted octanol–water partition coefficient (Wildman–Crippen LogP) is 5.54. The van der Waals surface area contributed by atoms with Crippen LogP contribution in [0.5, 0.6) is 11.5 Å². The predicted molar refractivity (Wildman–Crippen MR) is 119 cm³/mol. The van der Waals surface area contributed by atoms with Crippen molar-refractivity contribution in [3.63, 3.8) is 0 Å². The maximum atomic E-state index is 13.5. The molecule has 5 rings (SSSR count). The van der Waals surface area contributed by atoms with Gasteiger partial charge in [-0.05, 0) is 54.2 Å². The van der Waals surface area contributed by atoms with Crippen molar-refractivity contribution in [2.75, 3.05) is 11.7 Å². The molecule has 5 nitrogen and oxygen atoms in total. The van der Waals surface area contributed by atoms with E-state index < -0.39 is 0 Å². The Kier molecular flexibility index (Phi) is 4.63. The van der Waals surface area contributed by atoms with E-state index in [1.165, 1.54) is 0 Å². The lowest BCUT2D eigenvalue weighted by Crippen LogP contribution is -2.44. The Balaban J connectivity index is 1.69. The molecule has 0 spiro atoms. The number of halogens is 1. The highest BCUT2D eigenvalue weighted by Gasteiger charge is 2.44. The zero-order valence-electron chi connectivity index (χ0n) is 17.8. The number of rotatable bonds is 2. The molecule has 0 fully saturated rings. The van der Waals surface area contributed by atoms with Crippen molar-refractivity contribution in [2.45, 2.75) is 46.0 Å². The number of anilines is 1. The number of fused-ring (bicyclic) bond motifs is 1. The molecule has 0 saturated heterocycles. The second-order valence-corrected chi connectivity index (χ2v) is 9.69. The molecule has 1 unspecified atom stereocenters. The third-order valence-electron chi connectivity index (χ3n) is 6.42. The van der Waals surface area contributed by atoms with E-state index >= 15 is 0 Å².